The summed E-state index contributed by atoms with van der Waals surface area (Å²) in [5.41, 5.74) is 0. The smallest absolute Gasteiger partial charge is 0.142 e. The Morgan fingerprint density at radius 1 is 1.43 bits per heavy atom. The van der Waals surface area contributed by atoms with Crippen molar-refractivity contribution in [3.05, 3.63) is 0 Å². The van der Waals surface area contributed by atoms with Gasteiger partial charge in [-0.25, -0.2) is 0 Å². The minimum atomic E-state index is -1.68. The molecule has 0 unspecified atom stereocenters. The van der Waals surface area contributed by atoms with Crippen molar-refractivity contribution in [1.29, 1.82) is 0 Å². The Kier molecular flexibility index (Phi) is 3.50. The van der Waals surface area contributed by atoms with Gasteiger partial charge in [-0.1, -0.05) is 13.8 Å². The van der Waals surface area contributed by atoms with E-state index in [1.54, 1.807) is 0 Å². The van der Waals surface area contributed by atoms with Gasteiger partial charge in [0.25, 0.3) is 0 Å². The summed E-state index contributed by atoms with van der Waals surface area (Å²) in [6.07, 6.45) is 1.67. The van der Waals surface area contributed by atoms with Crippen LogP contribution in [0.2, 0.25) is 0 Å². The third-order valence-electron chi connectivity index (χ3n) is 0.944. The average molecular weight is 232 g/mol. The van der Waals surface area contributed by atoms with Crippen LogP contribution in [0.5, 0.6) is 0 Å². The molecule has 0 rings (SSSR count). The Morgan fingerprint density at radius 3 is 1.71 bits per heavy atom. The zero-order valence-electron chi connectivity index (χ0n) is 4.65. The van der Waals surface area contributed by atoms with E-state index in [0.717, 1.165) is 12.3 Å². The van der Waals surface area contributed by atoms with Crippen LogP contribution in [0.25, 0.3) is 0 Å². The van der Waals surface area contributed by atoms with Crippen LogP contribution in [-0.4, -0.2) is 12.3 Å². The first kappa shape index (κ1) is 7.96. The first-order valence-electron chi connectivity index (χ1n) is 2.40. The maximum atomic E-state index is 10.9. The van der Waals surface area contributed by atoms with Gasteiger partial charge in [0.15, 0.2) is 0 Å². The van der Waals surface area contributed by atoms with Crippen LogP contribution in [0, 0.1) is 0 Å². The summed E-state index contributed by atoms with van der Waals surface area (Å²) in [5.74, 6) is 0. The van der Waals surface area contributed by atoms with Crippen molar-refractivity contribution >= 4 is 26.8 Å². The fourth-order valence-corrected chi connectivity index (χ4v) is 0.671. The minimum absolute atomic E-state index is 0.837. The van der Waals surface area contributed by atoms with Gasteiger partial charge in [0.2, 0.25) is 0 Å². The number of halogens is 1. The zero-order valence-corrected chi connectivity index (χ0v) is 7.70. The van der Waals surface area contributed by atoms with Crippen molar-refractivity contribution < 1.29 is 4.57 Å². The number of hydrogen-bond acceptors (Lipinski definition) is 1. The topological polar surface area (TPSA) is 17.1 Å². The molecule has 0 aromatic rings. The van der Waals surface area contributed by atoms with Gasteiger partial charge in [0.1, 0.15) is 4.78 Å². The van der Waals surface area contributed by atoms with Gasteiger partial charge in [-0.05, 0) is 22.0 Å². The van der Waals surface area contributed by atoms with Crippen molar-refractivity contribution in [3.8, 4) is 0 Å². The van der Waals surface area contributed by atoms with E-state index >= 15 is 0 Å². The molecule has 44 valence electrons. The van der Waals surface area contributed by atoms with Crippen molar-refractivity contribution in [3.63, 3.8) is 0 Å². The molecular formula is C4H10IOP. The molecule has 3 heteroatoms. The minimum Gasteiger partial charge on any atom is -0.313 e. The molecule has 0 bridgehead atoms. The Balaban J connectivity index is 3.61. The van der Waals surface area contributed by atoms with Crippen LogP contribution in [0.15, 0.2) is 0 Å². The SMILES string of the molecule is CCP(=O)(I)CC. The zero-order chi connectivity index (χ0) is 5.91. The van der Waals surface area contributed by atoms with Crippen LogP contribution in [0.3, 0.4) is 0 Å². The molecule has 0 aromatic heterocycles. The molecule has 7 heavy (non-hydrogen) atoms. The highest BCUT2D eigenvalue weighted by atomic mass is 127. The van der Waals surface area contributed by atoms with Crippen LogP contribution >= 0.6 is 26.8 Å². The number of rotatable bonds is 2. The molecular weight excluding hydrogens is 222 g/mol. The molecule has 0 saturated heterocycles. The van der Waals surface area contributed by atoms with Crippen molar-refractivity contribution in [2.24, 2.45) is 0 Å². The highest BCUT2D eigenvalue weighted by molar-refractivity contribution is 14.2. The van der Waals surface area contributed by atoms with E-state index in [2.05, 4.69) is 22.0 Å². The lowest BCUT2D eigenvalue weighted by atomic mass is 11.0. The molecule has 0 amide bonds. The van der Waals surface area contributed by atoms with Crippen molar-refractivity contribution in [1.82, 2.24) is 0 Å². The molecule has 0 spiro atoms. The molecule has 0 aliphatic heterocycles. The molecule has 1 nitrogen and oxygen atoms in total. The molecule has 0 aliphatic rings. The van der Waals surface area contributed by atoms with Gasteiger partial charge >= 0.3 is 0 Å². The van der Waals surface area contributed by atoms with Crippen molar-refractivity contribution in [2.45, 2.75) is 13.8 Å². The van der Waals surface area contributed by atoms with Crippen molar-refractivity contribution in [2.75, 3.05) is 12.3 Å². The Bertz CT molecular complexity index is 83.7. The average Bonchev–Trinajstić information content (AvgIpc) is 1.68. The molecule has 0 aliphatic carbocycles. The Morgan fingerprint density at radius 2 is 1.71 bits per heavy atom. The highest BCUT2D eigenvalue weighted by Gasteiger charge is 2.08. The second-order valence-electron chi connectivity index (χ2n) is 1.42. The van der Waals surface area contributed by atoms with Gasteiger partial charge in [0, 0.05) is 12.3 Å². The second-order valence-corrected chi connectivity index (χ2v) is 9.54. The van der Waals surface area contributed by atoms with Gasteiger partial charge in [-0.15, -0.1) is 0 Å². The van der Waals surface area contributed by atoms with Gasteiger partial charge in [-0.2, -0.15) is 0 Å². The van der Waals surface area contributed by atoms with E-state index in [1.807, 2.05) is 13.8 Å². The monoisotopic (exact) mass is 232 g/mol. The van der Waals surface area contributed by atoms with Crippen LogP contribution < -0.4 is 0 Å². The van der Waals surface area contributed by atoms with E-state index < -0.39 is 4.78 Å². The first-order valence-corrected chi connectivity index (χ1v) is 7.26. The number of hydrogen-bond donors (Lipinski definition) is 0. The molecule has 0 radical (unpaired) electrons. The van der Waals surface area contributed by atoms with Crippen LogP contribution in [0.4, 0.5) is 0 Å². The second kappa shape index (κ2) is 3.08. The molecule has 0 N–H and O–H groups in total. The van der Waals surface area contributed by atoms with E-state index in [-0.39, 0.29) is 0 Å². The van der Waals surface area contributed by atoms with Gasteiger partial charge < -0.3 is 4.57 Å². The maximum absolute atomic E-state index is 10.9. The largest absolute Gasteiger partial charge is 0.313 e. The quantitative estimate of drug-likeness (QED) is 0.528. The molecule has 0 fully saturated rings. The van der Waals surface area contributed by atoms with Crippen LogP contribution in [0.1, 0.15) is 13.8 Å². The summed E-state index contributed by atoms with van der Waals surface area (Å²) < 4.78 is 10.9. The summed E-state index contributed by atoms with van der Waals surface area (Å²) in [7, 11) is 0. The molecule has 0 atom stereocenters. The summed E-state index contributed by atoms with van der Waals surface area (Å²) in [4.78, 5) is -1.68. The third-order valence-corrected chi connectivity index (χ3v) is 6.93. The molecule has 0 saturated carbocycles. The van der Waals surface area contributed by atoms with E-state index in [9.17, 15) is 4.57 Å². The lowest BCUT2D eigenvalue weighted by molar-refractivity contribution is 0.588. The Labute approximate surface area is 57.7 Å². The standard InChI is InChI=1S/C4H10IOP/c1-3-7(5,6)4-2/h3-4H2,1-2H3. The normalized spacial score (nSPS) is 11.9. The predicted molar refractivity (Wildman–Crippen MR) is 42.7 cm³/mol. The highest BCUT2D eigenvalue weighted by Crippen LogP contribution is 2.53. The predicted octanol–water partition coefficient (Wildman–Crippen LogP) is 2.74. The molecule has 0 aromatic carbocycles. The van der Waals surface area contributed by atoms with Crippen LogP contribution in [-0.2, 0) is 4.57 Å². The van der Waals surface area contributed by atoms with E-state index in [1.165, 1.54) is 0 Å². The summed E-state index contributed by atoms with van der Waals surface area (Å²) in [5, 5.41) is 0. The molecule has 0 heterocycles. The lowest BCUT2D eigenvalue weighted by Crippen LogP contribution is -1.76. The van der Waals surface area contributed by atoms with E-state index in [4.69, 9.17) is 0 Å². The summed E-state index contributed by atoms with van der Waals surface area (Å²) in [6.45, 7) is 3.94. The third kappa shape index (κ3) is 3.53. The lowest BCUT2D eigenvalue weighted by Gasteiger charge is -2.00. The van der Waals surface area contributed by atoms with Gasteiger partial charge in [-0.3, -0.25) is 0 Å². The Hall–Kier alpha value is 0.960. The fourth-order valence-electron chi connectivity index (χ4n) is 0.224. The maximum Gasteiger partial charge on any atom is 0.142 e. The van der Waals surface area contributed by atoms with Gasteiger partial charge in [0.05, 0.1) is 0 Å². The fraction of sp³-hybridized carbons (Fsp3) is 1.00. The first-order chi connectivity index (χ1) is 3.12. The van der Waals surface area contributed by atoms with E-state index in [0.29, 0.717) is 0 Å². The summed E-state index contributed by atoms with van der Waals surface area (Å²) >= 11 is 2.06. The summed E-state index contributed by atoms with van der Waals surface area (Å²) in [6, 6.07) is 0.